The maximum atomic E-state index is 13.1. The van der Waals surface area contributed by atoms with Gasteiger partial charge in [-0.25, -0.2) is 4.98 Å². The van der Waals surface area contributed by atoms with E-state index in [1.165, 1.54) is 4.88 Å². The van der Waals surface area contributed by atoms with E-state index in [2.05, 4.69) is 39.6 Å². The van der Waals surface area contributed by atoms with Crippen LogP contribution in [0.15, 0.2) is 60.2 Å². The molecule has 1 saturated heterocycles. The number of piperidine rings is 1. The molecule has 0 bridgehead atoms. The standard InChI is InChI=1S/C22H20N4OS/c27-22(15-8-9-18-20(12-15)24-14-23-18)26-10-2-4-16(13-26)17-5-1-6-19(25-17)21-7-3-11-28-21/h1,3,5-9,11-12,14,16H,2,4,10,13H2,(H,23,24)/t16-/m1/s1. The van der Waals surface area contributed by atoms with Crippen LogP contribution in [-0.4, -0.2) is 38.8 Å². The molecule has 1 fully saturated rings. The quantitative estimate of drug-likeness (QED) is 0.553. The lowest BCUT2D eigenvalue weighted by Crippen LogP contribution is -2.39. The molecule has 0 aliphatic carbocycles. The number of H-pyrrole nitrogens is 1. The number of fused-ring (bicyclic) bond motifs is 1. The summed E-state index contributed by atoms with van der Waals surface area (Å²) in [7, 11) is 0. The molecular formula is C22H20N4OS. The zero-order valence-electron chi connectivity index (χ0n) is 15.3. The van der Waals surface area contributed by atoms with Gasteiger partial charge < -0.3 is 9.88 Å². The number of imidazole rings is 1. The molecule has 0 unspecified atom stereocenters. The van der Waals surface area contributed by atoms with Crippen LogP contribution in [0.4, 0.5) is 0 Å². The van der Waals surface area contributed by atoms with E-state index in [1.807, 2.05) is 29.2 Å². The highest BCUT2D eigenvalue weighted by molar-refractivity contribution is 7.13. The number of nitrogens with one attached hydrogen (secondary N) is 1. The monoisotopic (exact) mass is 388 g/mol. The Kier molecular flexibility index (Phi) is 4.41. The van der Waals surface area contributed by atoms with Crippen molar-refractivity contribution < 1.29 is 4.79 Å². The van der Waals surface area contributed by atoms with Crippen molar-refractivity contribution in [2.24, 2.45) is 0 Å². The van der Waals surface area contributed by atoms with Crippen LogP contribution in [0.2, 0.25) is 0 Å². The lowest BCUT2D eigenvalue weighted by molar-refractivity contribution is 0.0706. The van der Waals surface area contributed by atoms with Gasteiger partial charge >= 0.3 is 0 Å². The topological polar surface area (TPSA) is 61.9 Å². The highest BCUT2D eigenvalue weighted by atomic mass is 32.1. The molecule has 28 heavy (non-hydrogen) atoms. The number of hydrogen-bond acceptors (Lipinski definition) is 4. The second-order valence-corrected chi connectivity index (χ2v) is 8.10. The smallest absolute Gasteiger partial charge is 0.253 e. The molecule has 4 heterocycles. The number of carbonyl (C=O) groups is 1. The van der Waals surface area contributed by atoms with Crippen LogP contribution in [0.5, 0.6) is 0 Å². The van der Waals surface area contributed by atoms with Crippen LogP contribution in [-0.2, 0) is 0 Å². The van der Waals surface area contributed by atoms with Crippen molar-refractivity contribution in [1.82, 2.24) is 19.9 Å². The molecule has 1 aliphatic rings. The molecule has 1 aliphatic heterocycles. The summed E-state index contributed by atoms with van der Waals surface area (Å²) < 4.78 is 0. The molecular weight excluding hydrogens is 368 g/mol. The van der Waals surface area contributed by atoms with Crippen molar-refractivity contribution >= 4 is 28.3 Å². The number of carbonyl (C=O) groups excluding carboxylic acids is 1. The molecule has 5 nitrogen and oxygen atoms in total. The normalized spacial score (nSPS) is 17.1. The van der Waals surface area contributed by atoms with Crippen LogP contribution < -0.4 is 0 Å². The third-order valence-corrected chi connectivity index (χ3v) is 6.23. The van der Waals surface area contributed by atoms with Gasteiger partial charge in [-0.15, -0.1) is 11.3 Å². The van der Waals surface area contributed by atoms with Gasteiger partial charge in [0.1, 0.15) is 0 Å². The molecule has 0 saturated carbocycles. The number of benzene rings is 1. The number of thiophene rings is 1. The Balaban J connectivity index is 1.37. The number of likely N-dealkylation sites (tertiary alicyclic amines) is 1. The Morgan fingerprint density at radius 3 is 3.04 bits per heavy atom. The Bertz CT molecular complexity index is 1120. The van der Waals surface area contributed by atoms with Gasteiger partial charge in [0.15, 0.2) is 0 Å². The molecule has 140 valence electrons. The number of aromatic amines is 1. The third kappa shape index (κ3) is 3.20. The molecule has 6 heteroatoms. The van der Waals surface area contributed by atoms with Gasteiger partial charge in [-0.3, -0.25) is 9.78 Å². The lowest BCUT2D eigenvalue weighted by Gasteiger charge is -2.32. The Morgan fingerprint density at radius 1 is 1.18 bits per heavy atom. The van der Waals surface area contributed by atoms with Crippen molar-refractivity contribution in [3.05, 3.63) is 71.5 Å². The number of hydrogen-bond donors (Lipinski definition) is 1. The van der Waals surface area contributed by atoms with Gasteiger partial charge in [-0.2, -0.15) is 0 Å². The molecule has 0 spiro atoms. The van der Waals surface area contributed by atoms with Crippen LogP contribution in [0.1, 0.15) is 34.8 Å². The number of rotatable bonds is 3. The van der Waals surface area contributed by atoms with Gasteiger partial charge in [0.2, 0.25) is 0 Å². The Hall–Kier alpha value is -2.99. The zero-order chi connectivity index (χ0) is 18.9. The predicted octanol–water partition coefficient (Wildman–Crippen LogP) is 4.71. The van der Waals surface area contributed by atoms with E-state index >= 15 is 0 Å². The van der Waals surface area contributed by atoms with E-state index in [1.54, 1.807) is 17.7 Å². The number of aromatic nitrogens is 3. The molecule has 4 aromatic rings. The van der Waals surface area contributed by atoms with Crippen molar-refractivity contribution in [2.45, 2.75) is 18.8 Å². The fourth-order valence-electron chi connectivity index (χ4n) is 3.89. The highest BCUT2D eigenvalue weighted by Crippen LogP contribution is 2.30. The van der Waals surface area contributed by atoms with Gasteiger partial charge in [0.25, 0.3) is 5.91 Å². The van der Waals surface area contributed by atoms with Gasteiger partial charge in [0.05, 0.1) is 27.9 Å². The van der Waals surface area contributed by atoms with E-state index in [-0.39, 0.29) is 11.8 Å². The molecule has 1 atom stereocenters. The largest absolute Gasteiger partial charge is 0.345 e. The summed E-state index contributed by atoms with van der Waals surface area (Å²) in [5.74, 6) is 0.351. The summed E-state index contributed by atoms with van der Waals surface area (Å²) in [6, 6.07) is 16.0. The van der Waals surface area contributed by atoms with Crippen molar-refractivity contribution in [1.29, 1.82) is 0 Å². The number of amides is 1. The first-order chi connectivity index (χ1) is 13.8. The summed E-state index contributed by atoms with van der Waals surface area (Å²) in [6.45, 7) is 1.50. The Morgan fingerprint density at radius 2 is 2.14 bits per heavy atom. The van der Waals surface area contributed by atoms with Gasteiger partial charge in [-0.1, -0.05) is 12.1 Å². The second kappa shape index (κ2) is 7.20. The summed E-state index contributed by atoms with van der Waals surface area (Å²) in [6.07, 6.45) is 3.71. The summed E-state index contributed by atoms with van der Waals surface area (Å²) in [4.78, 5) is 28.4. The molecule has 3 aromatic heterocycles. The van der Waals surface area contributed by atoms with Crippen molar-refractivity contribution in [2.75, 3.05) is 13.1 Å². The van der Waals surface area contributed by atoms with Crippen LogP contribution in [0.25, 0.3) is 21.6 Å². The number of pyridine rings is 1. The average Bonchev–Trinajstić information content (AvgIpc) is 3.45. The van der Waals surface area contributed by atoms with E-state index in [0.717, 1.165) is 41.8 Å². The zero-order valence-corrected chi connectivity index (χ0v) is 16.2. The van der Waals surface area contributed by atoms with E-state index in [4.69, 9.17) is 4.98 Å². The molecule has 0 radical (unpaired) electrons. The summed E-state index contributed by atoms with van der Waals surface area (Å²) >= 11 is 1.70. The average molecular weight is 388 g/mol. The molecule has 1 aromatic carbocycles. The van der Waals surface area contributed by atoms with Crippen molar-refractivity contribution in [3.8, 4) is 10.6 Å². The minimum Gasteiger partial charge on any atom is -0.345 e. The van der Waals surface area contributed by atoms with Crippen molar-refractivity contribution in [3.63, 3.8) is 0 Å². The fourth-order valence-corrected chi connectivity index (χ4v) is 4.59. The lowest BCUT2D eigenvalue weighted by atomic mass is 9.93. The minimum atomic E-state index is 0.0793. The summed E-state index contributed by atoms with van der Waals surface area (Å²) in [5, 5.41) is 2.07. The first kappa shape index (κ1) is 17.1. The maximum absolute atomic E-state index is 13.1. The highest BCUT2D eigenvalue weighted by Gasteiger charge is 2.26. The first-order valence-electron chi connectivity index (χ1n) is 9.51. The van der Waals surface area contributed by atoms with Crippen LogP contribution in [0.3, 0.4) is 0 Å². The third-order valence-electron chi connectivity index (χ3n) is 5.34. The minimum absolute atomic E-state index is 0.0793. The summed E-state index contributed by atoms with van der Waals surface area (Å²) in [5.41, 5.74) is 4.57. The van der Waals surface area contributed by atoms with E-state index < -0.39 is 0 Å². The van der Waals surface area contributed by atoms with Gasteiger partial charge in [-0.05, 0) is 54.6 Å². The van der Waals surface area contributed by atoms with Gasteiger partial charge in [0, 0.05) is 30.3 Å². The molecule has 5 rings (SSSR count). The first-order valence-corrected chi connectivity index (χ1v) is 10.4. The Labute approximate surface area is 167 Å². The maximum Gasteiger partial charge on any atom is 0.253 e. The van der Waals surface area contributed by atoms with E-state index in [0.29, 0.717) is 12.1 Å². The number of nitrogens with zero attached hydrogens (tertiary/aromatic N) is 3. The van der Waals surface area contributed by atoms with Crippen LogP contribution in [0, 0.1) is 0 Å². The van der Waals surface area contributed by atoms with Crippen LogP contribution >= 0.6 is 11.3 Å². The second-order valence-electron chi connectivity index (χ2n) is 7.15. The SMILES string of the molecule is O=C(c1ccc2nc[nH]c2c1)N1CCC[C@@H](c2cccc(-c3cccs3)n2)C1. The fraction of sp³-hybridized carbons (Fsp3) is 0.227. The molecule has 1 N–H and O–H groups in total. The van der Waals surface area contributed by atoms with E-state index in [9.17, 15) is 4.79 Å². The molecule has 1 amide bonds. The predicted molar refractivity (Wildman–Crippen MR) is 112 cm³/mol.